The van der Waals surface area contributed by atoms with Crippen molar-refractivity contribution in [2.24, 2.45) is 0 Å². The van der Waals surface area contributed by atoms with Crippen molar-refractivity contribution >= 4 is 16.5 Å². The van der Waals surface area contributed by atoms with E-state index >= 15 is 0 Å². The summed E-state index contributed by atoms with van der Waals surface area (Å²) in [5, 5.41) is 2.84. The Morgan fingerprint density at radius 2 is 1.48 bits per heavy atom. The van der Waals surface area contributed by atoms with E-state index in [4.69, 9.17) is 19.2 Å². The van der Waals surface area contributed by atoms with Crippen molar-refractivity contribution in [2.75, 3.05) is 26.3 Å². The zero-order chi connectivity index (χ0) is 23.0. The zero-order valence-electron chi connectivity index (χ0n) is 18.9. The van der Waals surface area contributed by atoms with Gasteiger partial charge < -0.3 is 14.2 Å². The van der Waals surface area contributed by atoms with Crippen LogP contribution < -0.4 is 25.1 Å². The SMILES string of the molecule is CCOc1c(OC)cc(CNNc2nc(-c3ccc(-c4ccccc4)cc3)cs2)cc1OC. The van der Waals surface area contributed by atoms with Gasteiger partial charge in [0.1, 0.15) is 0 Å². The van der Waals surface area contributed by atoms with Crippen LogP contribution in [0.5, 0.6) is 17.2 Å². The Morgan fingerprint density at radius 3 is 2.12 bits per heavy atom. The molecule has 0 radical (unpaired) electrons. The fourth-order valence-electron chi connectivity index (χ4n) is 3.47. The molecule has 0 amide bonds. The Kier molecular flexibility index (Phi) is 7.44. The van der Waals surface area contributed by atoms with Gasteiger partial charge in [-0.15, -0.1) is 11.3 Å². The normalized spacial score (nSPS) is 10.6. The van der Waals surface area contributed by atoms with E-state index in [1.54, 1.807) is 25.6 Å². The minimum atomic E-state index is 0.535. The Morgan fingerprint density at radius 1 is 0.848 bits per heavy atom. The van der Waals surface area contributed by atoms with Crippen LogP contribution in [0.2, 0.25) is 0 Å². The standard InChI is InChI=1S/C26H27N3O3S/c1-4-32-25-23(30-2)14-18(15-24(25)31-3)16-27-29-26-28-22(17-33-26)21-12-10-20(11-13-21)19-8-6-5-7-9-19/h5-15,17,27H,4,16H2,1-3H3,(H,28,29). The van der Waals surface area contributed by atoms with E-state index in [0.29, 0.717) is 30.4 Å². The molecule has 0 atom stereocenters. The smallest absolute Gasteiger partial charge is 0.203 e. The molecule has 4 rings (SSSR count). The molecule has 1 aromatic heterocycles. The number of anilines is 1. The van der Waals surface area contributed by atoms with Gasteiger partial charge >= 0.3 is 0 Å². The lowest BCUT2D eigenvalue weighted by Gasteiger charge is -2.15. The van der Waals surface area contributed by atoms with Crippen LogP contribution in [0.1, 0.15) is 12.5 Å². The van der Waals surface area contributed by atoms with Crippen molar-refractivity contribution in [1.29, 1.82) is 0 Å². The molecule has 0 unspecified atom stereocenters. The number of hydrogen-bond donors (Lipinski definition) is 2. The molecule has 0 spiro atoms. The molecule has 0 aliphatic rings. The number of hydrazine groups is 1. The number of nitrogens with one attached hydrogen (secondary N) is 2. The van der Waals surface area contributed by atoms with Crippen molar-refractivity contribution in [3.63, 3.8) is 0 Å². The van der Waals surface area contributed by atoms with E-state index in [-0.39, 0.29) is 0 Å². The van der Waals surface area contributed by atoms with E-state index in [1.165, 1.54) is 11.1 Å². The lowest BCUT2D eigenvalue weighted by Crippen LogP contribution is -2.20. The molecule has 2 N–H and O–H groups in total. The number of ether oxygens (including phenoxy) is 3. The number of benzene rings is 3. The first-order valence-electron chi connectivity index (χ1n) is 10.7. The second-order valence-corrected chi connectivity index (χ2v) is 8.08. The number of rotatable bonds is 10. The van der Waals surface area contributed by atoms with Crippen molar-refractivity contribution in [2.45, 2.75) is 13.5 Å². The van der Waals surface area contributed by atoms with Gasteiger partial charge in [0.25, 0.3) is 0 Å². The van der Waals surface area contributed by atoms with E-state index < -0.39 is 0 Å². The highest BCUT2D eigenvalue weighted by Crippen LogP contribution is 2.38. The maximum atomic E-state index is 5.66. The van der Waals surface area contributed by atoms with Crippen LogP contribution in [0.3, 0.4) is 0 Å². The number of aromatic nitrogens is 1. The molecule has 0 aliphatic carbocycles. The summed E-state index contributed by atoms with van der Waals surface area (Å²) in [6.07, 6.45) is 0. The average molecular weight is 462 g/mol. The maximum Gasteiger partial charge on any atom is 0.203 e. The largest absolute Gasteiger partial charge is 0.493 e. The molecule has 0 aliphatic heterocycles. The Bertz CT molecular complexity index is 1150. The molecule has 0 fully saturated rings. The van der Waals surface area contributed by atoms with E-state index in [1.807, 2.05) is 42.6 Å². The molecule has 0 bridgehead atoms. The number of hydrogen-bond acceptors (Lipinski definition) is 7. The monoisotopic (exact) mass is 461 g/mol. The number of thiazole rings is 1. The topological polar surface area (TPSA) is 64.6 Å². The van der Waals surface area contributed by atoms with E-state index in [0.717, 1.165) is 22.0 Å². The molecule has 0 saturated heterocycles. The van der Waals surface area contributed by atoms with Crippen LogP contribution in [0.25, 0.3) is 22.4 Å². The molecule has 4 aromatic rings. The first kappa shape index (κ1) is 22.6. The van der Waals surface area contributed by atoms with Crippen molar-refractivity contribution in [3.05, 3.63) is 77.7 Å². The van der Waals surface area contributed by atoms with Gasteiger partial charge in [-0.3, -0.25) is 5.43 Å². The van der Waals surface area contributed by atoms with Gasteiger partial charge in [0, 0.05) is 17.5 Å². The zero-order valence-corrected chi connectivity index (χ0v) is 19.7. The summed E-state index contributed by atoms with van der Waals surface area (Å²) in [5.41, 5.74) is 11.8. The van der Waals surface area contributed by atoms with Gasteiger partial charge in [0.2, 0.25) is 5.75 Å². The second kappa shape index (κ2) is 10.8. The molecule has 3 aromatic carbocycles. The lowest BCUT2D eigenvalue weighted by molar-refractivity contribution is 0.288. The molecular weight excluding hydrogens is 434 g/mol. The van der Waals surface area contributed by atoms with Gasteiger partial charge in [-0.25, -0.2) is 10.4 Å². The molecule has 0 saturated carbocycles. The van der Waals surface area contributed by atoms with Crippen LogP contribution in [0.4, 0.5) is 5.13 Å². The van der Waals surface area contributed by atoms with Gasteiger partial charge in [-0.1, -0.05) is 54.6 Å². The van der Waals surface area contributed by atoms with Crippen LogP contribution in [0.15, 0.2) is 72.1 Å². The molecule has 170 valence electrons. The Labute approximate surface area is 198 Å². The van der Waals surface area contributed by atoms with Gasteiger partial charge in [0.05, 0.1) is 26.5 Å². The van der Waals surface area contributed by atoms with Crippen molar-refractivity contribution < 1.29 is 14.2 Å². The summed E-state index contributed by atoms with van der Waals surface area (Å²) in [6.45, 7) is 3.02. The molecule has 7 heteroatoms. The molecule has 1 heterocycles. The van der Waals surface area contributed by atoms with Crippen molar-refractivity contribution in [1.82, 2.24) is 10.4 Å². The lowest BCUT2D eigenvalue weighted by atomic mass is 10.0. The van der Waals surface area contributed by atoms with Crippen LogP contribution >= 0.6 is 11.3 Å². The third-order valence-electron chi connectivity index (χ3n) is 5.09. The first-order chi connectivity index (χ1) is 16.2. The summed E-state index contributed by atoms with van der Waals surface area (Å²) < 4.78 is 16.6. The maximum absolute atomic E-state index is 5.66. The second-order valence-electron chi connectivity index (χ2n) is 7.22. The predicted molar refractivity (Wildman–Crippen MR) is 134 cm³/mol. The quantitative estimate of drug-likeness (QED) is 0.282. The highest BCUT2D eigenvalue weighted by Gasteiger charge is 2.14. The third kappa shape index (κ3) is 5.45. The molecular formula is C26H27N3O3S. The molecule has 33 heavy (non-hydrogen) atoms. The van der Waals surface area contributed by atoms with Gasteiger partial charge in [-0.05, 0) is 35.7 Å². The highest BCUT2D eigenvalue weighted by atomic mass is 32.1. The Hall–Kier alpha value is -3.55. The average Bonchev–Trinajstić information content (AvgIpc) is 3.34. The summed E-state index contributed by atoms with van der Waals surface area (Å²) >= 11 is 1.55. The van der Waals surface area contributed by atoms with Crippen LogP contribution in [-0.2, 0) is 6.54 Å². The third-order valence-corrected chi connectivity index (χ3v) is 5.85. The fourth-order valence-corrected chi connectivity index (χ4v) is 4.17. The fraction of sp³-hybridized carbons (Fsp3) is 0.192. The summed E-state index contributed by atoms with van der Waals surface area (Å²) in [7, 11) is 3.24. The highest BCUT2D eigenvalue weighted by molar-refractivity contribution is 7.14. The van der Waals surface area contributed by atoms with E-state index in [2.05, 4.69) is 47.2 Å². The summed E-state index contributed by atoms with van der Waals surface area (Å²) in [4.78, 5) is 4.70. The van der Waals surface area contributed by atoms with Crippen molar-refractivity contribution in [3.8, 4) is 39.6 Å². The van der Waals surface area contributed by atoms with Gasteiger partial charge in [-0.2, -0.15) is 0 Å². The van der Waals surface area contributed by atoms with Crippen LogP contribution in [0, 0.1) is 0 Å². The number of methoxy groups -OCH3 is 2. The first-order valence-corrected chi connectivity index (χ1v) is 11.6. The van der Waals surface area contributed by atoms with E-state index in [9.17, 15) is 0 Å². The molecule has 6 nitrogen and oxygen atoms in total. The Balaban J connectivity index is 1.39. The summed E-state index contributed by atoms with van der Waals surface area (Å²) in [5.74, 6) is 1.90. The minimum absolute atomic E-state index is 0.535. The number of nitrogens with zero attached hydrogens (tertiary/aromatic N) is 1. The minimum Gasteiger partial charge on any atom is -0.493 e. The van der Waals surface area contributed by atoms with Gasteiger partial charge in [0.15, 0.2) is 16.6 Å². The summed E-state index contributed by atoms with van der Waals surface area (Å²) in [6, 6.07) is 22.7. The predicted octanol–water partition coefficient (Wildman–Crippen LogP) is 6.01. The van der Waals surface area contributed by atoms with Crippen LogP contribution in [-0.4, -0.2) is 25.8 Å².